The molecule has 0 aliphatic carbocycles. The molecule has 2 rings (SSSR count). The number of carbonyl (C=O) groups excluding carboxylic acids is 3. The molecule has 1 heterocycles. The highest BCUT2D eigenvalue weighted by atomic mass is 35.5. The van der Waals surface area contributed by atoms with Crippen LogP contribution in [0.5, 0.6) is 0 Å². The number of carbonyl (C=O) groups is 3. The lowest BCUT2D eigenvalue weighted by Gasteiger charge is -2.33. The molecule has 1 unspecified atom stereocenters. The van der Waals surface area contributed by atoms with Gasteiger partial charge >= 0.3 is 6.03 Å². The number of nitrogens with zero attached hydrogens (tertiary/aromatic N) is 1. The standard InChI is InChI=1S/C18H27N5O3.ClH/c1-13-4-6-15(7-5-13)22-18(26)21-10-14-3-2-8-23(12-14)17(25)11-20-16(24)9-19;/h4-7,14H,2-3,8-12,19H2,1H3,(H,20,24)(H2,21,22,26);1H. The van der Waals surface area contributed by atoms with Crippen LogP contribution in [0.25, 0.3) is 0 Å². The highest BCUT2D eigenvalue weighted by molar-refractivity contribution is 5.89. The number of hydrogen-bond donors (Lipinski definition) is 4. The minimum Gasteiger partial charge on any atom is -0.346 e. The maximum absolute atomic E-state index is 12.1. The van der Waals surface area contributed by atoms with E-state index in [1.54, 1.807) is 4.90 Å². The number of nitrogens with two attached hydrogens (primary N) is 1. The van der Waals surface area contributed by atoms with Crippen LogP contribution in [-0.2, 0) is 9.59 Å². The number of benzene rings is 1. The normalized spacial score (nSPS) is 16.1. The van der Waals surface area contributed by atoms with E-state index >= 15 is 0 Å². The average Bonchev–Trinajstić information content (AvgIpc) is 2.66. The van der Waals surface area contributed by atoms with Crippen molar-refractivity contribution in [1.29, 1.82) is 0 Å². The summed E-state index contributed by atoms with van der Waals surface area (Å²) in [6.07, 6.45) is 1.83. The minimum absolute atomic E-state index is 0. The highest BCUT2D eigenvalue weighted by Crippen LogP contribution is 2.16. The number of rotatable bonds is 6. The van der Waals surface area contributed by atoms with E-state index in [0.29, 0.717) is 19.6 Å². The molecule has 1 atom stereocenters. The topological polar surface area (TPSA) is 117 Å². The first-order chi connectivity index (χ1) is 12.5. The van der Waals surface area contributed by atoms with Gasteiger partial charge in [-0.3, -0.25) is 9.59 Å². The van der Waals surface area contributed by atoms with Crippen molar-refractivity contribution < 1.29 is 14.4 Å². The third-order valence-electron chi connectivity index (χ3n) is 4.35. The fourth-order valence-electron chi connectivity index (χ4n) is 2.87. The number of hydrogen-bond acceptors (Lipinski definition) is 4. The third-order valence-corrected chi connectivity index (χ3v) is 4.35. The maximum atomic E-state index is 12.1. The zero-order chi connectivity index (χ0) is 18.9. The fourth-order valence-corrected chi connectivity index (χ4v) is 2.87. The number of anilines is 1. The molecular weight excluding hydrogens is 370 g/mol. The monoisotopic (exact) mass is 397 g/mol. The van der Waals surface area contributed by atoms with Crippen LogP contribution in [-0.4, -0.2) is 55.5 Å². The summed E-state index contributed by atoms with van der Waals surface area (Å²) < 4.78 is 0. The van der Waals surface area contributed by atoms with E-state index in [0.717, 1.165) is 24.1 Å². The summed E-state index contributed by atoms with van der Waals surface area (Å²) in [6.45, 7) is 3.56. The molecule has 5 N–H and O–H groups in total. The molecule has 0 saturated carbocycles. The predicted molar refractivity (Wildman–Crippen MR) is 107 cm³/mol. The molecule has 4 amide bonds. The van der Waals surface area contributed by atoms with Crippen LogP contribution >= 0.6 is 12.4 Å². The molecule has 1 aromatic rings. The van der Waals surface area contributed by atoms with Crippen LogP contribution in [0.4, 0.5) is 10.5 Å². The molecule has 0 spiro atoms. The molecule has 1 aliphatic heterocycles. The van der Waals surface area contributed by atoms with Gasteiger partial charge in [0.1, 0.15) is 0 Å². The number of aryl methyl sites for hydroxylation is 1. The van der Waals surface area contributed by atoms with Crippen molar-refractivity contribution in [3.05, 3.63) is 29.8 Å². The van der Waals surface area contributed by atoms with Gasteiger partial charge in [-0.25, -0.2) is 4.79 Å². The molecule has 8 nitrogen and oxygen atoms in total. The van der Waals surface area contributed by atoms with E-state index in [1.807, 2.05) is 31.2 Å². The van der Waals surface area contributed by atoms with E-state index < -0.39 is 0 Å². The summed E-state index contributed by atoms with van der Waals surface area (Å²) in [6, 6.07) is 7.32. The van der Waals surface area contributed by atoms with Gasteiger partial charge in [-0.15, -0.1) is 12.4 Å². The largest absolute Gasteiger partial charge is 0.346 e. The Morgan fingerprint density at radius 1 is 1.19 bits per heavy atom. The second-order valence-electron chi connectivity index (χ2n) is 6.53. The second-order valence-corrected chi connectivity index (χ2v) is 6.53. The molecular formula is C18H28ClN5O3. The number of urea groups is 1. The summed E-state index contributed by atoms with van der Waals surface area (Å²) in [4.78, 5) is 37.0. The second kappa shape index (κ2) is 11.4. The molecule has 9 heteroatoms. The van der Waals surface area contributed by atoms with E-state index in [-0.39, 0.29) is 49.3 Å². The Morgan fingerprint density at radius 2 is 1.89 bits per heavy atom. The number of nitrogens with one attached hydrogen (secondary N) is 3. The van der Waals surface area contributed by atoms with Crippen LogP contribution < -0.4 is 21.7 Å². The van der Waals surface area contributed by atoms with Crippen LogP contribution in [0.3, 0.4) is 0 Å². The van der Waals surface area contributed by atoms with E-state index in [4.69, 9.17) is 5.73 Å². The maximum Gasteiger partial charge on any atom is 0.319 e. The van der Waals surface area contributed by atoms with Gasteiger partial charge in [0.2, 0.25) is 11.8 Å². The zero-order valence-corrected chi connectivity index (χ0v) is 16.3. The van der Waals surface area contributed by atoms with Crippen molar-refractivity contribution >= 4 is 35.9 Å². The molecule has 1 aliphatic rings. The quantitative estimate of drug-likeness (QED) is 0.569. The molecule has 27 heavy (non-hydrogen) atoms. The lowest BCUT2D eigenvalue weighted by Crippen LogP contribution is -2.48. The van der Waals surface area contributed by atoms with Gasteiger partial charge in [0.15, 0.2) is 0 Å². The summed E-state index contributed by atoms with van der Waals surface area (Å²) in [7, 11) is 0. The van der Waals surface area contributed by atoms with Gasteiger partial charge in [-0.1, -0.05) is 17.7 Å². The number of likely N-dealkylation sites (tertiary alicyclic amines) is 1. The molecule has 1 aromatic carbocycles. The lowest BCUT2D eigenvalue weighted by atomic mass is 9.98. The van der Waals surface area contributed by atoms with Gasteiger partial charge in [-0.05, 0) is 37.8 Å². The number of piperidine rings is 1. The van der Waals surface area contributed by atoms with Crippen LogP contribution in [0.1, 0.15) is 18.4 Å². The van der Waals surface area contributed by atoms with Crippen molar-refractivity contribution in [1.82, 2.24) is 15.5 Å². The zero-order valence-electron chi connectivity index (χ0n) is 15.5. The molecule has 150 valence electrons. The Kier molecular flexibility index (Phi) is 9.60. The van der Waals surface area contributed by atoms with Crippen molar-refractivity contribution in [2.45, 2.75) is 19.8 Å². The van der Waals surface area contributed by atoms with Crippen molar-refractivity contribution in [2.75, 3.05) is 38.0 Å². The highest BCUT2D eigenvalue weighted by Gasteiger charge is 2.24. The van der Waals surface area contributed by atoms with E-state index in [1.165, 1.54) is 0 Å². The van der Waals surface area contributed by atoms with Crippen molar-refractivity contribution in [2.24, 2.45) is 11.7 Å². The van der Waals surface area contributed by atoms with Crippen molar-refractivity contribution in [3.8, 4) is 0 Å². The first-order valence-corrected chi connectivity index (χ1v) is 8.84. The van der Waals surface area contributed by atoms with Gasteiger partial charge in [0.25, 0.3) is 0 Å². The van der Waals surface area contributed by atoms with Gasteiger partial charge in [0.05, 0.1) is 13.1 Å². The minimum atomic E-state index is -0.346. The molecule has 0 bridgehead atoms. The smallest absolute Gasteiger partial charge is 0.319 e. The summed E-state index contributed by atoms with van der Waals surface area (Å²) in [5, 5.41) is 8.14. The molecule has 1 saturated heterocycles. The SMILES string of the molecule is Cc1ccc(NC(=O)NCC2CCCN(C(=O)CNC(=O)CN)C2)cc1.Cl. The molecule has 1 fully saturated rings. The third kappa shape index (κ3) is 7.84. The fraction of sp³-hybridized carbons (Fsp3) is 0.500. The van der Waals surface area contributed by atoms with Gasteiger partial charge in [0, 0.05) is 25.3 Å². The summed E-state index contributed by atoms with van der Waals surface area (Å²) in [5.74, 6) is -0.274. The Morgan fingerprint density at radius 3 is 2.56 bits per heavy atom. The number of halogens is 1. The Labute approximate surface area is 165 Å². The van der Waals surface area contributed by atoms with Gasteiger partial charge < -0.3 is 26.6 Å². The van der Waals surface area contributed by atoms with Gasteiger partial charge in [-0.2, -0.15) is 0 Å². The molecule has 0 radical (unpaired) electrons. The van der Waals surface area contributed by atoms with Crippen molar-refractivity contribution in [3.63, 3.8) is 0 Å². The van der Waals surface area contributed by atoms with Crippen LogP contribution in [0, 0.1) is 12.8 Å². The van der Waals surface area contributed by atoms with E-state index in [2.05, 4.69) is 16.0 Å². The number of amides is 4. The lowest BCUT2D eigenvalue weighted by molar-refractivity contribution is -0.134. The predicted octanol–water partition coefficient (Wildman–Crippen LogP) is 0.852. The van der Waals surface area contributed by atoms with Crippen LogP contribution in [0.2, 0.25) is 0 Å². The van der Waals surface area contributed by atoms with E-state index in [9.17, 15) is 14.4 Å². The first kappa shape index (κ1) is 22.7. The first-order valence-electron chi connectivity index (χ1n) is 8.84. The summed E-state index contributed by atoms with van der Waals surface area (Å²) >= 11 is 0. The average molecular weight is 398 g/mol. The van der Waals surface area contributed by atoms with Crippen LogP contribution in [0.15, 0.2) is 24.3 Å². The summed E-state index contributed by atoms with van der Waals surface area (Å²) in [5.41, 5.74) is 7.08. The Hall–Kier alpha value is -2.32. The molecule has 0 aromatic heterocycles. The Balaban J connectivity index is 0.00000364. The Bertz CT molecular complexity index is 638.